The molecule has 0 radical (unpaired) electrons. The lowest BCUT2D eigenvalue weighted by Crippen LogP contribution is -2.14. The van der Waals surface area contributed by atoms with Gasteiger partial charge >= 0.3 is 0 Å². The molecule has 1 atom stereocenters. The maximum Gasteiger partial charge on any atom is 0.226 e. The van der Waals surface area contributed by atoms with E-state index >= 15 is 0 Å². The molecule has 1 aromatic heterocycles. The summed E-state index contributed by atoms with van der Waals surface area (Å²) >= 11 is 1.52. The number of thiazole rings is 1. The van der Waals surface area contributed by atoms with Crippen LogP contribution in [-0.2, 0) is 4.79 Å². The van der Waals surface area contributed by atoms with Crippen molar-refractivity contribution in [3.63, 3.8) is 0 Å². The molecule has 0 aliphatic carbocycles. The number of aromatic nitrogens is 1. The standard InChI is InChI=1S/C16H19N3OS/c20-15(7-6-12-8-9-17-10-12)19-16-18-11-14(21-16)13-4-2-1-3-5-13/h1-5,11-12,17H,6-10H2,(H,18,19,20). The van der Waals surface area contributed by atoms with Crippen molar-refractivity contribution in [2.45, 2.75) is 19.3 Å². The van der Waals surface area contributed by atoms with Crippen molar-refractivity contribution in [1.82, 2.24) is 10.3 Å². The lowest BCUT2D eigenvalue weighted by Gasteiger charge is -2.06. The third-order valence-corrected chi connectivity index (χ3v) is 4.71. The molecule has 2 heterocycles. The van der Waals surface area contributed by atoms with Crippen LogP contribution in [0.1, 0.15) is 19.3 Å². The number of nitrogens with one attached hydrogen (secondary N) is 2. The minimum Gasteiger partial charge on any atom is -0.316 e. The van der Waals surface area contributed by atoms with Crippen LogP contribution in [0.2, 0.25) is 0 Å². The molecule has 0 spiro atoms. The zero-order valence-corrected chi connectivity index (χ0v) is 12.7. The lowest BCUT2D eigenvalue weighted by atomic mass is 10.0. The van der Waals surface area contributed by atoms with E-state index < -0.39 is 0 Å². The van der Waals surface area contributed by atoms with E-state index in [9.17, 15) is 4.79 Å². The predicted octanol–water partition coefficient (Wildman–Crippen LogP) is 3.14. The van der Waals surface area contributed by atoms with Gasteiger partial charge in [-0.3, -0.25) is 4.79 Å². The molecule has 1 amide bonds. The van der Waals surface area contributed by atoms with Gasteiger partial charge in [0.05, 0.1) is 4.88 Å². The highest BCUT2D eigenvalue weighted by molar-refractivity contribution is 7.19. The predicted molar refractivity (Wildman–Crippen MR) is 86.4 cm³/mol. The third kappa shape index (κ3) is 3.89. The summed E-state index contributed by atoms with van der Waals surface area (Å²) in [5.41, 5.74) is 1.13. The maximum atomic E-state index is 12.0. The molecule has 1 unspecified atom stereocenters. The molecule has 21 heavy (non-hydrogen) atoms. The van der Waals surface area contributed by atoms with Crippen LogP contribution in [0.5, 0.6) is 0 Å². The fourth-order valence-electron chi connectivity index (χ4n) is 2.55. The molecule has 5 heteroatoms. The monoisotopic (exact) mass is 301 g/mol. The van der Waals surface area contributed by atoms with Gasteiger partial charge in [-0.05, 0) is 37.4 Å². The average Bonchev–Trinajstić information content (AvgIpc) is 3.17. The largest absolute Gasteiger partial charge is 0.316 e. The summed E-state index contributed by atoms with van der Waals surface area (Å²) < 4.78 is 0. The van der Waals surface area contributed by atoms with Gasteiger partial charge in [-0.15, -0.1) is 0 Å². The van der Waals surface area contributed by atoms with Gasteiger partial charge < -0.3 is 10.6 Å². The van der Waals surface area contributed by atoms with Crippen molar-refractivity contribution < 1.29 is 4.79 Å². The molecular weight excluding hydrogens is 282 g/mol. The second-order valence-corrected chi connectivity index (χ2v) is 6.37. The van der Waals surface area contributed by atoms with E-state index in [1.807, 2.05) is 36.5 Å². The minimum absolute atomic E-state index is 0.0656. The molecular formula is C16H19N3OS. The van der Waals surface area contributed by atoms with Crippen molar-refractivity contribution in [1.29, 1.82) is 0 Å². The van der Waals surface area contributed by atoms with Crippen molar-refractivity contribution in [2.75, 3.05) is 18.4 Å². The van der Waals surface area contributed by atoms with Crippen LogP contribution in [0, 0.1) is 5.92 Å². The van der Waals surface area contributed by atoms with Crippen LogP contribution in [0.4, 0.5) is 5.13 Å². The Balaban J connectivity index is 1.53. The number of hydrogen-bond acceptors (Lipinski definition) is 4. The van der Waals surface area contributed by atoms with E-state index in [0.29, 0.717) is 17.5 Å². The molecule has 2 N–H and O–H groups in total. The Kier molecular flexibility index (Phi) is 4.62. The van der Waals surface area contributed by atoms with Gasteiger partial charge in [0.25, 0.3) is 0 Å². The number of carbonyl (C=O) groups excluding carboxylic acids is 1. The van der Waals surface area contributed by atoms with Crippen LogP contribution in [0.25, 0.3) is 10.4 Å². The van der Waals surface area contributed by atoms with Gasteiger partial charge in [0.1, 0.15) is 0 Å². The van der Waals surface area contributed by atoms with E-state index in [1.165, 1.54) is 17.8 Å². The van der Waals surface area contributed by atoms with E-state index in [1.54, 1.807) is 0 Å². The Labute approximate surface area is 128 Å². The summed E-state index contributed by atoms with van der Waals surface area (Å²) in [5, 5.41) is 6.91. The van der Waals surface area contributed by atoms with E-state index in [4.69, 9.17) is 0 Å². The van der Waals surface area contributed by atoms with Gasteiger partial charge in [0.15, 0.2) is 5.13 Å². The second kappa shape index (κ2) is 6.83. The van der Waals surface area contributed by atoms with Crippen molar-refractivity contribution in [3.05, 3.63) is 36.5 Å². The van der Waals surface area contributed by atoms with Crippen LogP contribution in [-0.4, -0.2) is 24.0 Å². The third-order valence-electron chi connectivity index (χ3n) is 3.75. The van der Waals surface area contributed by atoms with Crippen LogP contribution in [0.3, 0.4) is 0 Å². The molecule has 3 rings (SSSR count). The molecule has 4 nitrogen and oxygen atoms in total. The van der Waals surface area contributed by atoms with Crippen molar-refractivity contribution in [3.8, 4) is 10.4 Å². The Morgan fingerprint density at radius 3 is 3.00 bits per heavy atom. The zero-order valence-electron chi connectivity index (χ0n) is 11.8. The molecule has 1 fully saturated rings. The van der Waals surface area contributed by atoms with Gasteiger partial charge in [-0.1, -0.05) is 41.7 Å². The van der Waals surface area contributed by atoms with Gasteiger partial charge in [0, 0.05) is 12.6 Å². The number of nitrogens with zero attached hydrogens (tertiary/aromatic N) is 1. The molecule has 1 aromatic carbocycles. The first-order valence-electron chi connectivity index (χ1n) is 7.33. The number of rotatable bonds is 5. The summed E-state index contributed by atoms with van der Waals surface area (Å²) in [6, 6.07) is 10.1. The lowest BCUT2D eigenvalue weighted by molar-refractivity contribution is -0.116. The highest BCUT2D eigenvalue weighted by Crippen LogP contribution is 2.28. The second-order valence-electron chi connectivity index (χ2n) is 5.34. The molecule has 110 valence electrons. The smallest absolute Gasteiger partial charge is 0.226 e. The normalized spacial score (nSPS) is 17.8. The topological polar surface area (TPSA) is 54.0 Å². The Morgan fingerprint density at radius 2 is 2.24 bits per heavy atom. The Morgan fingerprint density at radius 1 is 1.38 bits per heavy atom. The fourth-order valence-corrected chi connectivity index (χ4v) is 3.38. The number of benzene rings is 1. The van der Waals surface area contributed by atoms with Crippen LogP contribution in [0.15, 0.2) is 36.5 Å². The first-order valence-corrected chi connectivity index (χ1v) is 8.15. The van der Waals surface area contributed by atoms with E-state index in [2.05, 4.69) is 15.6 Å². The average molecular weight is 301 g/mol. The first kappa shape index (κ1) is 14.2. The van der Waals surface area contributed by atoms with Crippen LogP contribution >= 0.6 is 11.3 Å². The van der Waals surface area contributed by atoms with Crippen molar-refractivity contribution >= 4 is 22.4 Å². The summed E-state index contributed by atoms with van der Waals surface area (Å²) in [6.07, 6.45) is 4.53. The summed E-state index contributed by atoms with van der Waals surface area (Å²) in [7, 11) is 0. The molecule has 1 saturated heterocycles. The Bertz CT molecular complexity index is 591. The minimum atomic E-state index is 0.0656. The van der Waals surface area contributed by atoms with Gasteiger partial charge in [0.2, 0.25) is 5.91 Å². The number of amides is 1. The molecule has 0 saturated carbocycles. The highest BCUT2D eigenvalue weighted by Gasteiger charge is 2.16. The molecule has 2 aromatic rings. The number of anilines is 1. The summed E-state index contributed by atoms with van der Waals surface area (Å²) in [5.74, 6) is 0.711. The molecule has 0 bridgehead atoms. The Hall–Kier alpha value is -1.72. The van der Waals surface area contributed by atoms with E-state index in [0.717, 1.165) is 30.0 Å². The number of carbonyl (C=O) groups is 1. The SMILES string of the molecule is O=C(CCC1CCNC1)Nc1ncc(-c2ccccc2)s1. The van der Waals surface area contributed by atoms with E-state index in [-0.39, 0.29) is 5.91 Å². The quantitative estimate of drug-likeness (QED) is 0.892. The van der Waals surface area contributed by atoms with Crippen LogP contribution < -0.4 is 10.6 Å². The highest BCUT2D eigenvalue weighted by atomic mass is 32.1. The van der Waals surface area contributed by atoms with Gasteiger partial charge in [-0.2, -0.15) is 0 Å². The van der Waals surface area contributed by atoms with Crippen molar-refractivity contribution in [2.24, 2.45) is 5.92 Å². The fraction of sp³-hybridized carbons (Fsp3) is 0.375. The maximum absolute atomic E-state index is 12.0. The first-order chi connectivity index (χ1) is 10.3. The summed E-state index contributed by atoms with van der Waals surface area (Å²) in [4.78, 5) is 17.3. The molecule has 1 aliphatic rings. The zero-order chi connectivity index (χ0) is 14.5. The summed E-state index contributed by atoms with van der Waals surface area (Å²) in [6.45, 7) is 2.13. The number of hydrogen-bond donors (Lipinski definition) is 2. The molecule has 1 aliphatic heterocycles. The van der Waals surface area contributed by atoms with Gasteiger partial charge in [-0.25, -0.2) is 4.98 Å².